The smallest absolute Gasteiger partial charge is 0.138 e. The molecule has 0 aliphatic heterocycles. The van der Waals surface area contributed by atoms with Crippen LogP contribution in [0, 0.1) is 6.92 Å². The van der Waals surface area contributed by atoms with Crippen LogP contribution in [-0.2, 0) is 6.42 Å². The summed E-state index contributed by atoms with van der Waals surface area (Å²) in [5.74, 6) is 7.48. The van der Waals surface area contributed by atoms with Gasteiger partial charge in [0.05, 0.1) is 13.2 Å². The average Bonchev–Trinajstić information content (AvgIpc) is 2.93. The fourth-order valence-electron chi connectivity index (χ4n) is 2.42. The molecular weight excluding hydrogens is 266 g/mol. The predicted molar refractivity (Wildman–Crippen MR) is 81.9 cm³/mol. The van der Waals surface area contributed by atoms with Crippen molar-refractivity contribution in [2.75, 3.05) is 7.11 Å². The van der Waals surface area contributed by atoms with Crippen molar-refractivity contribution in [2.24, 2.45) is 5.84 Å². The Morgan fingerprint density at radius 3 is 2.76 bits per heavy atom. The van der Waals surface area contributed by atoms with Crippen LogP contribution in [0.2, 0.25) is 0 Å². The van der Waals surface area contributed by atoms with Crippen LogP contribution in [0.1, 0.15) is 42.9 Å². The molecule has 1 heterocycles. The van der Waals surface area contributed by atoms with Gasteiger partial charge in [-0.2, -0.15) is 5.10 Å². The molecule has 1 aromatic heterocycles. The van der Waals surface area contributed by atoms with Crippen molar-refractivity contribution in [1.82, 2.24) is 20.2 Å². The van der Waals surface area contributed by atoms with Gasteiger partial charge in [0.15, 0.2) is 0 Å². The molecule has 1 unspecified atom stereocenters. The van der Waals surface area contributed by atoms with Crippen LogP contribution >= 0.6 is 0 Å². The van der Waals surface area contributed by atoms with Crippen molar-refractivity contribution in [3.05, 3.63) is 41.5 Å². The number of rotatable bonds is 6. The van der Waals surface area contributed by atoms with Crippen LogP contribution in [0.3, 0.4) is 0 Å². The number of nitrogens with two attached hydrogens (primary N) is 1. The fourth-order valence-corrected chi connectivity index (χ4v) is 2.42. The monoisotopic (exact) mass is 289 g/mol. The summed E-state index contributed by atoms with van der Waals surface area (Å²) in [6.07, 6.45) is 2.23. The van der Waals surface area contributed by atoms with E-state index in [0.717, 1.165) is 22.7 Å². The Labute approximate surface area is 125 Å². The normalized spacial score (nSPS) is 12.7. The van der Waals surface area contributed by atoms with Crippen LogP contribution in [0.25, 0.3) is 0 Å². The molecule has 2 rings (SSSR count). The number of methoxy groups -OCH3 is 1. The standard InChI is InChI=1S/C15H23N5O/c1-10(2)20-15(17-9-18-20)8-13(19-16)12-7-11(3)5-6-14(12)21-4/h5-7,9-10,13,19H,8,16H2,1-4H3. The lowest BCUT2D eigenvalue weighted by Crippen LogP contribution is -2.31. The first kappa shape index (κ1) is 15.5. The Morgan fingerprint density at radius 1 is 1.38 bits per heavy atom. The quantitative estimate of drug-likeness (QED) is 0.627. The fraction of sp³-hybridized carbons (Fsp3) is 0.467. The molecule has 114 valence electrons. The molecule has 2 aromatic rings. The van der Waals surface area contributed by atoms with E-state index >= 15 is 0 Å². The number of ether oxygens (including phenoxy) is 1. The average molecular weight is 289 g/mol. The van der Waals surface area contributed by atoms with Crippen LogP contribution in [-0.4, -0.2) is 21.9 Å². The molecule has 21 heavy (non-hydrogen) atoms. The van der Waals surface area contributed by atoms with Gasteiger partial charge in [-0.15, -0.1) is 0 Å². The molecule has 0 fully saturated rings. The highest BCUT2D eigenvalue weighted by Crippen LogP contribution is 2.28. The summed E-state index contributed by atoms with van der Waals surface area (Å²) in [7, 11) is 1.67. The molecule has 0 saturated carbocycles. The van der Waals surface area contributed by atoms with Gasteiger partial charge < -0.3 is 4.74 Å². The molecule has 6 nitrogen and oxygen atoms in total. The summed E-state index contributed by atoms with van der Waals surface area (Å²) in [5.41, 5.74) is 5.05. The molecule has 1 atom stereocenters. The number of nitrogens with one attached hydrogen (secondary N) is 1. The number of hydrogen-bond acceptors (Lipinski definition) is 5. The van der Waals surface area contributed by atoms with E-state index in [9.17, 15) is 0 Å². The van der Waals surface area contributed by atoms with Crippen LogP contribution in [0.5, 0.6) is 5.75 Å². The largest absolute Gasteiger partial charge is 0.496 e. The van der Waals surface area contributed by atoms with Gasteiger partial charge in [-0.25, -0.2) is 9.67 Å². The summed E-state index contributed by atoms with van der Waals surface area (Å²) in [6.45, 7) is 6.21. The number of benzene rings is 1. The molecule has 3 N–H and O–H groups in total. The number of hydrogen-bond donors (Lipinski definition) is 2. The Kier molecular flexibility index (Phi) is 4.93. The van der Waals surface area contributed by atoms with Crippen molar-refractivity contribution in [2.45, 2.75) is 39.3 Å². The molecule has 0 radical (unpaired) electrons. The van der Waals surface area contributed by atoms with Gasteiger partial charge in [-0.05, 0) is 26.8 Å². The maximum absolute atomic E-state index is 5.76. The van der Waals surface area contributed by atoms with Crippen LogP contribution < -0.4 is 16.0 Å². The first-order valence-corrected chi connectivity index (χ1v) is 7.05. The third kappa shape index (κ3) is 3.40. The number of nitrogens with zero attached hydrogens (tertiary/aromatic N) is 3. The van der Waals surface area contributed by atoms with Crippen molar-refractivity contribution in [1.29, 1.82) is 0 Å². The third-order valence-electron chi connectivity index (χ3n) is 3.48. The van der Waals surface area contributed by atoms with E-state index in [0.29, 0.717) is 6.42 Å². The zero-order valence-corrected chi connectivity index (χ0v) is 13.0. The molecule has 0 bridgehead atoms. The second-order valence-electron chi connectivity index (χ2n) is 5.38. The molecule has 1 aromatic carbocycles. The van der Waals surface area contributed by atoms with Gasteiger partial charge in [-0.1, -0.05) is 17.7 Å². The molecule has 0 saturated heterocycles. The Bertz CT molecular complexity index is 593. The lowest BCUT2D eigenvalue weighted by Gasteiger charge is -2.20. The number of hydrazine groups is 1. The topological polar surface area (TPSA) is 78.0 Å². The second kappa shape index (κ2) is 6.69. The van der Waals surface area contributed by atoms with Crippen molar-refractivity contribution < 1.29 is 4.74 Å². The van der Waals surface area contributed by atoms with E-state index in [2.05, 4.69) is 35.4 Å². The van der Waals surface area contributed by atoms with E-state index in [1.165, 1.54) is 0 Å². The van der Waals surface area contributed by atoms with E-state index < -0.39 is 0 Å². The third-order valence-corrected chi connectivity index (χ3v) is 3.48. The number of aromatic nitrogens is 3. The summed E-state index contributed by atoms with van der Waals surface area (Å²) in [6, 6.07) is 6.25. The van der Waals surface area contributed by atoms with E-state index in [1.54, 1.807) is 13.4 Å². The molecule has 6 heteroatoms. The van der Waals surface area contributed by atoms with Gasteiger partial charge in [0, 0.05) is 18.0 Å². The first-order valence-electron chi connectivity index (χ1n) is 7.05. The predicted octanol–water partition coefficient (Wildman–Crippen LogP) is 1.92. The molecule has 0 aliphatic rings. The van der Waals surface area contributed by atoms with E-state index in [1.807, 2.05) is 23.7 Å². The minimum absolute atomic E-state index is 0.0819. The summed E-state index contributed by atoms with van der Waals surface area (Å²) in [4.78, 5) is 4.34. The summed E-state index contributed by atoms with van der Waals surface area (Å²) in [5, 5.41) is 4.26. The van der Waals surface area contributed by atoms with E-state index in [4.69, 9.17) is 10.6 Å². The van der Waals surface area contributed by atoms with Crippen molar-refractivity contribution in [3.8, 4) is 5.75 Å². The Balaban J connectivity index is 2.32. The first-order chi connectivity index (χ1) is 10.1. The van der Waals surface area contributed by atoms with Crippen LogP contribution in [0.15, 0.2) is 24.5 Å². The van der Waals surface area contributed by atoms with Gasteiger partial charge in [0.1, 0.15) is 17.9 Å². The summed E-state index contributed by atoms with van der Waals surface area (Å²) >= 11 is 0. The Hall–Kier alpha value is -1.92. The van der Waals surface area contributed by atoms with Gasteiger partial charge >= 0.3 is 0 Å². The maximum atomic E-state index is 5.76. The number of aryl methyl sites for hydroxylation is 1. The second-order valence-corrected chi connectivity index (χ2v) is 5.38. The lowest BCUT2D eigenvalue weighted by atomic mass is 10.0. The van der Waals surface area contributed by atoms with Gasteiger partial charge in [0.25, 0.3) is 0 Å². The van der Waals surface area contributed by atoms with Crippen molar-refractivity contribution in [3.63, 3.8) is 0 Å². The molecule has 0 aliphatic carbocycles. The minimum atomic E-state index is -0.0819. The minimum Gasteiger partial charge on any atom is -0.496 e. The van der Waals surface area contributed by atoms with Gasteiger partial charge in [-0.3, -0.25) is 11.3 Å². The van der Waals surface area contributed by atoms with Crippen molar-refractivity contribution >= 4 is 0 Å². The molecule has 0 spiro atoms. The zero-order chi connectivity index (χ0) is 15.4. The SMILES string of the molecule is COc1ccc(C)cc1C(Cc1ncnn1C(C)C)NN. The zero-order valence-electron chi connectivity index (χ0n) is 13.0. The highest BCUT2D eigenvalue weighted by atomic mass is 16.5. The maximum Gasteiger partial charge on any atom is 0.138 e. The summed E-state index contributed by atoms with van der Waals surface area (Å²) < 4.78 is 7.35. The molecule has 0 amide bonds. The lowest BCUT2D eigenvalue weighted by molar-refractivity contribution is 0.395. The van der Waals surface area contributed by atoms with E-state index in [-0.39, 0.29) is 12.1 Å². The highest BCUT2D eigenvalue weighted by Gasteiger charge is 2.19. The van der Waals surface area contributed by atoms with Crippen LogP contribution in [0.4, 0.5) is 0 Å². The highest BCUT2D eigenvalue weighted by molar-refractivity contribution is 5.39. The Morgan fingerprint density at radius 2 is 2.14 bits per heavy atom. The molecular formula is C15H23N5O. The van der Waals surface area contributed by atoms with Gasteiger partial charge in [0.2, 0.25) is 0 Å².